The number of hydrogen-bond donors (Lipinski definition) is 0. The van der Waals surface area contributed by atoms with Crippen LogP contribution in [-0.4, -0.2) is 41.9 Å². The number of rotatable bonds is 2. The Morgan fingerprint density at radius 2 is 2.00 bits per heavy atom. The quantitative estimate of drug-likeness (QED) is 0.568. The van der Waals surface area contributed by atoms with E-state index in [2.05, 4.69) is 4.90 Å². The lowest BCUT2D eigenvalue weighted by Crippen LogP contribution is -2.33. The van der Waals surface area contributed by atoms with Gasteiger partial charge in [0.15, 0.2) is 0 Å². The van der Waals surface area contributed by atoms with Crippen LogP contribution < -0.4 is 0 Å². The Morgan fingerprint density at radius 1 is 1.33 bits per heavy atom. The average molecular weight is 166 g/mol. The standard InChI is InChI=1S/C6H12ClNS/c7-1-2-8-3-5-9-6-4-8/h1-6H2. The maximum Gasteiger partial charge on any atom is 0.0351 e. The van der Waals surface area contributed by atoms with Crippen molar-refractivity contribution in [2.75, 3.05) is 37.0 Å². The third kappa shape index (κ3) is 2.78. The molecule has 0 aromatic heterocycles. The minimum absolute atomic E-state index is 0.782. The molecular formula is C6H12ClNS. The number of nitrogens with zero attached hydrogens (tertiary/aromatic N) is 1. The highest BCUT2D eigenvalue weighted by Crippen LogP contribution is 2.08. The van der Waals surface area contributed by atoms with E-state index in [1.165, 1.54) is 24.6 Å². The highest BCUT2D eigenvalue weighted by Gasteiger charge is 2.07. The van der Waals surface area contributed by atoms with Crippen LogP contribution in [0, 0.1) is 0 Å². The maximum absolute atomic E-state index is 5.59. The Kier molecular flexibility index (Phi) is 3.78. The minimum atomic E-state index is 0.782. The first-order chi connectivity index (χ1) is 4.43. The van der Waals surface area contributed by atoms with Crippen LogP contribution in [0.1, 0.15) is 0 Å². The molecule has 0 saturated carbocycles. The Bertz CT molecular complexity index is 70.7. The predicted octanol–water partition coefficient (Wildman–Crippen LogP) is 1.27. The van der Waals surface area contributed by atoms with Gasteiger partial charge in [0.2, 0.25) is 0 Å². The summed E-state index contributed by atoms with van der Waals surface area (Å²) in [6, 6.07) is 0. The fraction of sp³-hybridized carbons (Fsp3) is 1.00. The number of thioether (sulfide) groups is 1. The third-order valence-corrected chi connectivity index (χ3v) is 2.62. The lowest BCUT2D eigenvalue weighted by molar-refractivity contribution is 0.321. The molecule has 1 aliphatic rings. The second kappa shape index (κ2) is 4.42. The molecule has 3 heteroatoms. The van der Waals surface area contributed by atoms with Gasteiger partial charge < -0.3 is 4.90 Å². The Hall–Kier alpha value is 0.600. The second-order valence-corrected chi connectivity index (χ2v) is 3.75. The van der Waals surface area contributed by atoms with Gasteiger partial charge in [-0.05, 0) is 0 Å². The van der Waals surface area contributed by atoms with E-state index in [9.17, 15) is 0 Å². The smallest absolute Gasteiger partial charge is 0.0351 e. The molecule has 0 unspecified atom stereocenters. The van der Waals surface area contributed by atoms with Crippen LogP contribution in [0.3, 0.4) is 0 Å². The van der Waals surface area contributed by atoms with Crippen LogP contribution >= 0.6 is 23.4 Å². The van der Waals surface area contributed by atoms with Crippen LogP contribution in [0.5, 0.6) is 0 Å². The molecule has 1 rings (SSSR count). The molecule has 0 N–H and O–H groups in total. The molecule has 0 aromatic rings. The van der Waals surface area contributed by atoms with Crippen LogP contribution in [0.2, 0.25) is 0 Å². The lowest BCUT2D eigenvalue weighted by Gasteiger charge is -2.24. The first-order valence-corrected chi connectivity index (χ1v) is 4.98. The molecule has 0 aliphatic carbocycles. The summed E-state index contributed by atoms with van der Waals surface area (Å²) in [5, 5.41) is 0. The minimum Gasteiger partial charge on any atom is -0.301 e. The molecular weight excluding hydrogens is 154 g/mol. The largest absolute Gasteiger partial charge is 0.301 e. The summed E-state index contributed by atoms with van der Waals surface area (Å²) < 4.78 is 0. The van der Waals surface area contributed by atoms with Crippen molar-refractivity contribution < 1.29 is 0 Å². The molecule has 0 amide bonds. The van der Waals surface area contributed by atoms with Gasteiger partial charge in [0.1, 0.15) is 0 Å². The van der Waals surface area contributed by atoms with E-state index in [4.69, 9.17) is 11.6 Å². The number of halogens is 1. The SMILES string of the molecule is ClCCN1CCSCC1. The van der Waals surface area contributed by atoms with E-state index in [-0.39, 0.29) is 0 Å². The zero-order valence-electron chi connectivity index (χ0n) is 5.48. The summed E-state index contributed by atoms with van der Waals surface area (Å²) in [5.41, 5.74) is 0. The second-order valence-electron chi connectivity index (χ2n) is 2.14. The Labute approximate surface area is 65.7 Å². The molecule has 1 fully saturated rings. The summed E-state index contributed by atoms with van der Waals surface area (Å²) >= 11 is 7.63. The van der Waals surface area contributed by atoms with Crippen LogP contribution in [0.4, 0.5) is 0 Å². The molecule has 1 saturated heterocycles. The summed E-state index contributed by atoms with van der Waals surface area (Å²) in [5.74, 6) is 3.36. The normalized spacial score (nSPS) is 22.3. The monoisotopic (exact) mass is 165 g/mol. The molecule has 0 spiro atoms. The maximum atomic E-state index is 5.59. The van der Waals surface area contributed by atoms with E-state index in [1.54, 1.807) is 0 Å². The molecule has 0 aromatic carbocycles. The van der Waals surface area contributed by atoms with Gasteiger partial charge in [0.25, 0.3) is 0 Å². The van der Waals surface area contributed by atoms with Gasteiger partial charge in [0.05, 0.1) is 0 Å². The average Bonchev–Trinajstić information content (AvgIpc) is 1.91. The fourth-order valence-corrected chi connectivity index (χ4v) is 2.16. The number of alkyl halides is 1. The van der Waals surface area contributed by atoms with Crippen molar-refractivity contribution in [3.05, 3.63) is 0 Å². The van der Waals surface area contributed by atoms with Crippen molar-refractivity contribution in [3.8, 4) is 0 Å². The topological polar surface area (TPSA) is 3.24 Å². The summed E-state index contributed by atoms with van der Waals surface area (Å²) in [6.45, 7) is 3.54. The van der Waals surface area contributed by atoms with Crippen molar-refractivity contribution >= 4 is 23.4 Å². The van der Waals surface area contributed by atoms with Gasteiger partial charge in [-0.2, -0.15) is 11.8 Å². The van der Waals surface area contributed by atoms with Crippen LogP contribution in [-0.2, 0) is 0 Å². The van der Waals surface area contributed by atoms with Crippen molar-refractivity contribution in [3.63, 3.8) is 0 Å². The molecule has 1 heterocycles. The molecule has 1 nitrogen and oxygen atoms in total. The number of hydrogen-bond acceptors (Lipinski definition) is 2. The van der Waals surface area contributed by atoms with Crippen molar-refractivity contribution in [1.29, 1.82) is 0 Å². The van der Waals surface area contributed by atoms with E-state index < -0.39 is 0 Å². The Balaban J connectivity index is 2.08. The molecule has 1 aliphatic heterocycles. The zero-order valence-corrected chi connectivity index (χ0v) is 7.05. The lowest BCUT2D eigenvalue weighted by atomic mass is 10.5. The van der Waals surface area contributed by atoms with Crippen molar-refractivity contribution in [2.24, 2.45) is 0 Å². The molecule has 9 heavy (non-hydrogen) atoms. The summed E-state index contributed by atoms with van der Waals surface area (Å²) in [4.78, 5) is 2.42. The zero-order chi connectivity index (χ0) is 6.53. The molecule has 54 valence electrons. The van der Waals surface area contributed by atoms with Gasteiger partial charge in [-0.25, -0.2) is 0 Å². The van der Waals surface area contributed by atoms with Crippen LogP contribution in [0.25, 0.3) is 0 Å². The summed E-state index contributed by atoms with van der Waals surface area (Å²) in [6.07, 6.45) is 0. The predicted molar refractivity (Wildman–Crippen MR) is 44.5 cm³/mol. The molecule has 0 atom stereocenters. The van der Waals surface area contributed by atoms with Gasteiger partial charge in [-0.1, -0.05) is 0 Å². The van der Waals surface area contributed by atoms with Crippen molar-refractivity contribution in [2.45, 2.75) is 0 Å². The van der Waals surface area contributed by atoms with Crippen molar-refractivity contribution in [1.82, 2.24) is 4.90 Å². The van der Waals surface area contributed by atoms with E-state index in [0.29, 0.717) is 0 Å². The van der Waals surface area contributed by atoms with Gasteiger partial charge >= 0.3 is 0 Å². The fourth-order valence-electron chi connectivity index (χ4n) is 0.944. The van der Waals surface area contributed by atoms with Gasteiger partial charge in [0, 0.05) is 37.0 Å². The van der Waals surface area contributed by atoms with Gasteiger partial charge in [-0.3, -0.25) is 0 Å². The highest BCUT2D eigenvalue weighted by molar-refractivity contribution is 7.99. The highest BCUT2D eigenvalue weighted by atomic mass is 35.5. The Morgan fingerprint density at radius 3 is 2.56 bits per heavy atom. The van der Waals surface area contributed by atoms with E-state index in [0.717, 1.165) is 12.4 Å². The third-order valence-electron chi connectivity index (χ3n) is 1.50. The first-order valence-electron chi connectivity index (χ1n) is 3.29. The van der Waals surface area contributed by atoms with E-state index in [1.807, 2.05) is 11.8 Å². The molecule has 0 bridgehead atoms. The molecule has 0 radical (unpaired) electrons. The van der Waals surface area contributed by atoms with Crippen LogP contribution in [0.15, 0.2) is 0 Å². The van der Waals surface area contributed by atoms with Gasteiger partial charge in [-0.15, -0.1) is 11.6 Å². The van der Waals surface area contributed by atoms with E-state index >= 15 is 0 Å². The summed E-state index contributed by atoms with van der Waals surface area (Å²) in [7, 11) is 0. The first kappa shape index (κ1) is 7.70.